The summed E-state index contributed by atoms with van der Waals surface area (Å²) in [4.78, 5) is 23.4. The molecule has 8 heteroatoms. The zero-order valence-electron chi connectivity index (χ0n) is 13.7. The van der Waals surface area contributed by atoms with Crippen molar-refractivity contribution < 1.29 is 27.9 Å². The molecule has 0 bridgehead atoms. The summed E-state index contributed by atoms with van der Waals surface area (Å²) in [5.41, 5.74) is -1.95. The molecule has 3 N–H and O–H groups in total. The highest BCUT2D eigenvalue weighted by Gasteiger charge is 2.30. The molecule has 2 amide bonds. The molecule has 0 saturated heterocycles. The van der Waals surface area contributed by atoms with Gasteiger partial charge in [0.05, 0.1) is 11.2 Å². The normalized spacial score (nSPS) is 15.3. The Labute approximate surface area is 138 Å². The number of carbonyl (C=O) groups excluding carboxylic acids is 2. The highest BCUT2D eigenvalue weighted by molar-refractivity contribution is 6.39. The van der Waals surface area contributed by atoms with E-state index in [-0.39, 0.29) is 18.2 Å². The van der Waals surface area contributed by atoms with E-state index in [1.165, 1.54) is 0 Å². The third-order valence-electron chi connectivity index (χ3n) is 3.96. The lowest BCUT2D eigenvalue weighted by Crippen LogP contribution is -2.47. The maximum absolute atomic E-state index is 12.4. The molecule has 1 aromatic rings. The first kappa shape index (κ1) is 20.0. The second-order valence-corrected chi connectivity index (χ2v) is 5.88. The predicted molar refractivity (Wildman–Crippen MR) is 83.2 cm³/mol. The lowest BCUT2D eigenvalue weighted by molar-refractivity contribution is -0.137. The molecular formula is C16H21F3N2O3. The summed E-state index contributed by atoms with van der Waals surface area (Å²) in [6, 6.07) is 3.73. The van der Waals surface area contributed by atoms with Crippen LogP contribution >= 0.6 is 0 Å². The molecule has 2 unspecified atom stereocenters. The second-order valence-electron chi connectivity index (χ2n) is 5.88. The van der Waals surface area contributed by atoms with Gasteiger partial charge in [0.2, 0.25) is 0 Å². The first-order chi connectivity index (χ1) is 11.0. The largest absolute Gasteiger partial charge is 0.416 e. The zero-order chi connectivity index (χ0) is 18.5. The van der Waals surface area contributed by atoms with E-state index in [4.69, 9.17) is 0 Å². The maximum Gasteiger partial charge on any atom is 0.416 e. The standard InChI is InChI=1S/C16H21F3N2O3/c1-4-10(2)15(3,24)9-20-13(22)14(23)21-12-7-5-11(6-8-12)16(17,18)19/h5-8,10,24H,4,9H2,1-3H3,(H,20,22)(H,21,23). The van der Waals surface area contributed by atoms with E-state index < -0.39 is 29.2 Å². The van der Waals surface area contributed by atoms with Crippen LogP contribution in [0.5, 0.6) is 0 Å². The Hall–Kier alpha value is -2.09. The van der Waals surface area contributed by atoms with Crippen molar-refractivity contribution in [2.45, 2.75) is 39.0 Å². The molecule has 0 aliphatic carbocycles. The number of aliphatic hydroxyl groups is 1. The molecule has 1 rings (SSSR count). The van der Waals surface area contributed by atoms with Gasteiger partial charge in [-0.15, -0.1) is 0 Å². The van der Waals surface area contributed by atoms with Crippen molar-refractivity contribution in [1.29, 1.82) is 0 Å². The van der Waals surface area contributed by atoms with Crippen LogP contribution in [0.25, 0.3) is 0 Å². The van der Waals surface area contributed by atoms with Gasteiger partial charge in [-0.2, -0.15) is 13.2 Å². The summed E-state index contributed by atoms with van der Waals surface area (Å²) in [5, 5.41) is 14.7. The van der Waals surface area contributed by atoms with Crippen LogP contribution in [0.15, 0.2) is 24.3 Å². The van der Waals surface area contributed by atoms with Crippen molar-refractivity contribution in [2.24, 2.45) is 5.92 Å². The first-order valence-electron chi connectivity index (χ1n) is 7.46. The highest BCUT2D eigenvalue weighted by Crippen LogP contribution is 2.29. The topological polar surface area (TPSA) is 78.4 Å². The van der Waals surface area contributed by atoms with Crippen LogP contribution in [-0.2, 0) is 15.8 Å². The van der Waals surface area contributed by atoms with Crippen LogP contribution in [0, 0.1) is 5.92 Å². The van der Waals surface area contributed by atoms with Crippen molar-refractivity contribution >= 4 is 17.5 Å². The number of hydrogen-bond donors (Lipinski definition) is 3. The minimum absolute atomic E-state index is 0.0665. The average Bonchev–Trinajstić information content (AvgIpc) is 2.51. The van der Waals surface area contributed by atoms with Crippen molar-refractivity contribution in [3.63, 3.8) is 0 Å². The molecule has 0 fully saturated rings. The number of nitrogens with one attached hydrogen (secondary N) is 2. The SMILES string of the molecule is CCC(C)C(C)(O)CNC(=O)C(=O)Nc1ccc(C(F)(F)F)cc1. The lowest BCUT2D eigenvalue weighted by atomic mass is 9.89. The lowest BCUT2D eigenvalue weighted by Gasteiger charge is -2.29. The Kier molecular flexibility index (Phi) is 6.36. The van der Waals surface area contributed by atoms with Crippen LogP contribution in [0.4, 0.5) is 18.9 Å². The number of hydrogen-bond acceptors (Lipinski definition) is 3. The molecule has 2 atom stereocenters. The van der Waals surface area contributed by atoms with E-state index in [1.54, 1.807) is 6.92 Å². The molecule has 0 saturated carbocycles. The molecule has 5 nitrogen and oxygen atoms in total. The van der Waals surface area contributed by atoms with Gasteiger partial charge in [0, 0.05) is 12.2 Å². The molecule has 0 spiro atoms. The van der Waals surface area contributed by atoms with Gasteiger partial charge >= 0.3 is 18.0 Å². The Morgan fingerprint density at radius 3 is 2.17 bits per heavy atom. The fourth-order valence-electron chi connectivity index (χ4n) is 1.88. The molecule has 0 aliphatic heterocycles. The number of halogens is 3. The van der Waals surface area contributed by atoms with Gasteiger partial charge in [-0.3, -0.25) is 9.59 Å². The predicted octanol–water partition coefficient (Wildman–Crippen LogP) is 2.56. The Morgan fingerprint density at radius 2 is 1.71 bits per heavy atom. The minimum Gasteiger partial charge on any atom is -0.388 e. The summed E-state index contributed by atoms with van der Waals surface area (Å²) >= 11 is 0. The van der Waals surface area contributed by atoms with Crippen LogP contribution < -0.4 is 10.6 Å². The van der Waals surface area contributed by atoms with E-state index in [2.05, 4.69) is 10.6 Å². The summed E-state index contributed by atoms with van der Waals surface area (Å²) < 4.78 is 37.3. The molecule has 0 radical (unpaired) electrons. The molecule has 0 heterocycles. The third kappa shape index (κ3) is 5.52. The van der Waals surface area contributed by atoms with Crippen LogP contribution in [0.3, 0.4) is 0 Å². The summed E-state index contributed by atoms with van der Waals surface area (Å²) in [5.74, 6) is -2.08. The average molecular weight is 346 g/mol. The van der Waals surface area contributed by atoms with Crippen LogP contribution in [0.1, 0.15) is 32.8 Å². The molecule has 0 aromatic heterocycles. The Balaban J connectivity index is 2.60. The Bertz CT molecular complexity index is 583. The second kappa shape index (κ2) is 7.65. The van der Waals surface area contributed by atoms with Gasteiger partial charge in [-0.1, -0.05) is 20.3 Å². The number of alkyl halides is 3. The fraction of sp³-hybridized carbons (Fsp3) is 0.500. The van der Waals surface area contributed by atoms with Gasteiger partial charge in [-0.05, 0) is 37.1 Å². The van der Waals surface area contributed by atoms with Crippen molar-refractivity contribution in [3.8, 4) is 0 Å². The van der Waals surface area contributed by atoms with E-state index in [9.17, 15) is 27.9 Å². The van der Waals surface area contributed by atoms with E-state index in [0.717, 1.165) is 24.3 Å². The number of anilines is 1. The van der Waals surface area contributed by atoms with Crippen LogP contribution in [-0.4, -0.2) is 29.1 Å². The van der Waals surface area contributed by atoms with E-state index in [1.807, 2.05) is 13.8 Å². The van der Waals surface area contributed by atoms with Gasteiger partial charge < -0.3 is 15.7 Å². The summed E-state index contributed by atoms with van der Waals surface area (Å²) in [6.45, 7) is 5.14. The molecular weight excluding hydrogens is 325 g/mol. The summed E-state index contributed by atoms with van der Waals surface area (Å²) in [7, 11) is 0. The van der Waals surface area contributed by atoms with Gasteiger partial charge in [0.1, 0.15) is 0 Å². The quantitative estimate of drug-likeness (QED) is 0.717. The minimum atomic E-state index is -4.47. The van der Waals surface area contributed by atoms with Crippen molar-refractivity contribution in [3.05, 3.63) is 29.8 Å². The van der Waals surface area contributed by atoms with Gasteiger partial charge in [0.15, 0.2) is 0 Å². The van der Waals surface area contributed by atoms with Crippen molar-refractivity contribution in [2.75, 3.05) is 11.9 Å². The number of carbonyl (C=O) groups is 2. The fourth-order valence-corrected chi connectivity index (χ4v) is 1.88. The number of rotatable bonds is 5. The monoisotopic (exact) mass is 346 g/mol. The molecule has 24 heavy (non-hydrogen) atoms. The Morgan fingerprint density at radius 1 is 1.17 bits per heavy atom. The van der Waals surface area contributed by atoms with Crippen LogP contribution in [0.2, 0.25) is 0 Å². The number of benzene rings is 1. The van der Waals surface area contributed by atoms with Crippen molar-refractivity contribution in [1.82, 2.24) is 5.32 Å². The van der Waals surface area contributed by atoms with Gasteiger partial charge in [-0.25, -0.2) is 0 Å². The van der Waals surface area contributed by atoms with Gasteiger partial charge in [0.25, 0.3) is 0 Å². The first-order valence-corrected chi connectivity index (χ1v) is 7.46. The smallest absolute Gasteiger partial charge is 0.388 e. The zero-order valence-corrected chi connectivity index (χ0v) is 13.7. The molecule has 134 valence electrons. The highest BCUT2D eigenvalue weighted by atomic mass is 19.4. The van der Waals surface area contributed by atoms with E-state index >= 15 is 0 Å². The van der Waals surface area contributed by atoms with E-state index in [0.29, 0.717) is 6.42 Å². The third-order valence-corrected chi connectivity index (χ3v) is 3.96. The number of amides is 2. The maximum atomic E-state index is 12.4. The molecule has 1 aromatic carbocycles. The summed E-state index contributed by atoms with van der Waals surface area (Å²) in [6.07, 6.45) is -3.78. The molecule has 0 aliphatic rings.